The van der Waals surface area contributed by atoms with Gasteiger partial charge in [0, 0.05) is 28.9 Å². The van der Waals surface area contributed by atoms with Crippen LogP contribution in [0, 0.1) is 6.92 Å². The van der Waals surface area contributed by atoms with E-state index in [9.17, 15) is 0 Å². The molecule has 3 rings (SSSR count). The number of fused-ring (bicyclic) bond motifs is 2. The molecule has 0 atom stereocenters. The summed E-state index contributed by atoms with van der Waals surface area (Å²) in [4.78, 5) is 0. The standard InChI is InChI=1S/C14H14N2O/c1-8-4-12(16)11-7-9-6-10(15)2-3-13(9)17-14(11)5-8/h2-6H,7,15-16H2,1H3. The van der Waals surface area contributed by atoms with Gasteiger partial charge in [-0.15, -0.1) is 0 Å². The molecule has 0 fully saturated rings. The van der Waals surface area contributed by atoms with Crippen LogP contribution in [0.1, 0.15) is 16.7 Å². The van der Waals surface area contributed by atoms with Gasteiger partial charge in [-0.05, 0) is 42.8 Å². The van der Waals surface area contributed by atoms with Gasteiger partial charge >= 0.3 is 0 Å². The van der Waals surface area contributed by atoms with Gasteiger partial charge in [0.2, 0.25) is 0 Å². The molecular formula is C14H14N2O. The smallest absolute Gasteiger partial charge is 0.133 e. The lowest BCUT2D eigenvalue weighted by Gasteiger charge is -2.22. The van der Waals surface area contributed by atoms with Crippen LogP contribution in [0.2, 0.25) is 0 Å². The first kappa shape index (κ1) is 10.0. The molecule has 0 radical (unpaired) electrons. The monoisotopic (exact) mass is 226 g/mol. The number of rotatable bonds is 0. The van der Waals surface area contributed by atoms with Gasteiger partial charge < -0.3 is 16.2 Å². The van der Waals surface area contributed by atoms with Crippen molar-refractivity contribution in [1.29, 1.82) is 0 Å². The molecule has 86 valence electrons. The molecule has 3 nitrogen and oxygen atoms in total. The second kappa shape index (κ2) is 3.42. The molecule has 1 aliphatic rings. The summed E-state index contributed by atoms with van der Waals surface area (Å²) in [5.41, 5.74) is 16.6. The normalized spacial score (nSPS) is 12.5. The van der Waals surface area contributed by atoms with Crippen LogP contribution < -0.4 is 16.2 Å². The number of aryl methyl sites for hydroxylation is 1. The van der Waals surface area contributed by atoms with Crippen LogP contribution in [0.15, 0.2) is 30.3 Å². The third kappa shape index (κ3) is 1.60. The second-order valence-corrected chi connectivity index (χ2v) is 4.48. The lowest BCUT2D eigenvalue weighted by Crippen LogP contribution is -2.07. The summed E-state index contributed by atoms with van der Waals surface area (Å²) in [7, 11) is 0. The molecule has 0 aliphatic carbocycles. The van der Waals surface area contributed by atoms with E-state index >= 15 is 0 Å². The first-order valence-electron chi connectivity index (χ1n) is 5.59. The molecule has 0 amide bonds. The van der Waals surface area contributed by atoms with Crippen LogP contribution in [0.3, 0.4) is 0 Å². The topological polar surface area (TPSA) is 61.3 Å². The maximum atomic E-state index is 6.03. The zero-order valence-corrected chi connectivity index (χ0v) is 9.66. The van der Waals surface area contributed by atoms with E-state index in [0.717, 1.165) is 46.0 Å². The molecule has 2 aromatic carbocycles. The first-order valence-corrected chi connectivity index (χ1v) is 5.59. The Labute approximate surface area is 100 Å². The van der Waals surface area contributed by atoms with Crippen molar-refractivity contribution in [3.63, 3.8) is 0 Å². The summed E-state index contributed by atoms with van der Waals surface area (Å²) in [5, 5.41) is 0. The average molecular weight is 226 g/mol. The highest BCUT2D eigenvalue weighted by Crippen LogP contribution is 2.40. The van der Waals surface area contributed by atoms with Crippen LogP contribution in [0.5, 0.6) is 11.5 Å². The van der Waals surface area contributed by atoms with Crippen LogP contribution in [-0.4, -0.2) is 0 Å². The molecule has 0 bridgehead atoms. The van der Waals surface area contributed by atoms with Gasteiger partial charge in [-0.3, -0.25) is 0 Å². The predicted molar refractivity (Wildman–Crippen MR) is 69.3 cm³/mol. The molecule has 1 heterocycles. The first-order chi connectivity index (χ1) is 8.13. The molecule has 0 saturated carbocycles. The van der Waals surface area contributed by atoms with Crippen LogP contribution in [0.25, 0.3) is 0 Å². The molecule has 0 unspecified atom stereocenters. The summed E-state index contributed by atoms with van der Waals surface area (Å²) in [6.45, 7) is 2.01. The Kier molecular flexibility index (Phi) is 2.01. The predicted octanol–water partition coefficient (Wildman–Crippen LogP) is 2.86. The van der Waals surface area contributed by atoms with Crippen molar-refractivity contribution < 1.29 is 4.74 Å². The number of anilines is 2. The molecule has 4 N–H and O–H groups in total. The third-order valence-electron chi connectivity index (χ3n) is 3.06. The Morgan fingerprint density at radius 1 is 1.06 bits per heavy atom. The van der Waals surface area contributed by atoms with E-state index < -0.39 is 0 Å². The highest BCUT2D eigenvalue weighted by Gasteiger charge is 2.19. The fourth-order valence-electron chi connectivity index (χ4n) is 2.24. The van der Waals surface area contributed by atoms with E-state index in [1.807, 2.05) is 37.3 Å². The number of nitrogens with two attached hydrogens (primary N) is 2. The molecule has 0 aromatic heterocycles. The highest BCUT2D eigenvalue weighted by atomic mass is 16.5. The van der Waals surface area contributed by atoms with Gasteiger partial charge in [-0.2, -0.15) is 0 Å². The second-order valence-electron chi connectivity index (χ2n) is 4.48. The van der Waals surface area contributed by atoms with E-state index in [0.29, 0.717) is 0 Å². The largest absolute Gasteiger partial charge is 0.457 e. The van der Waals surface area contributed by atoms with Crippen LogP contribution >= 0.6 is 0 Å². The third-order valence-corrected chi connectivity index (χ3v) is 3.06. The van der Waals surface area contributed by atoms with Crippen molar-refractivity contribution in [1.82, 2.24) is 0 Å². The SMILES string of the molecule is Cc1cc(N)c2c(c1)Oc1ccc(N)cc1C2. The number of hydrogen-bond acceptors (Lipinski definition) is 3. The van der Waals surface area contributed by atoms with Gasteiger partial charge in [0.25, 0.3) is 0 Å². The van der Waals surface area contributed by atoms with E-state index in [2.05, 4.69) is 0 Å². The van der Waals surface area contributed by atoms with Crippen molar-refractivity contribution in [3.8, 4) is 11.5 Å². The quantitative estimate of drug-likeness (QED) is 0.579. The van der Waals surface area contributed by atoms with Gasteiger partial charge in [-0.1, -0.05) is 0 Å². The summed E-state index contributed by atoms with van der Waals surface area (Å²) in [5.74, 6) is 1.73. The highest BCUT2D eigenvalue weighted by molar-refractivity contribution is 5.63. The molecule has 0 spiro atoms. The van der Waals surface area contributed by atoms with E-state index in [1.165, 1.54) is 0 Å². The molecule has 0 saturated heterocycles. The molecule has 1 aliphatic heterocycles. The molecular weight excluding hydrogens is 212 g/mol. The zero-order valence-electron chi connectivity index (χ0n) is 9.66. The minimum absolute atomic E-state index is 0.751. The Hall–Kier alpha value is -2.16. The Balaban J connectivity index is 2.14. The summed E-state index contributed by atoms with van der Waals surface area (Å²) < 4.78 is 5.86. The van der Waals surface area contributed by atoms with Gasteiger partial charge in [0.05, 0.1) is 0 Å². The van der Waals surface area contributed by atoms with Crippen molar-refractivity contribution in [2.24, 2.45) is 0 Å². The fraction of sp³-hybridized carbons (Fsp3) is 0.143. The Morgan fingerprint density at radius 2 is 1.88 bits per heavy atom. The van der Waals surface area contributed by atoms with Gasteiger partial charge in [0.1, 0.15) is 11.5 Å². The number of benzene rings is 2. The molecule has 2 aromatic rings. The van der Waals surface area contributed by atoms with Crippen molar-refractivity contribution in [2.45, 2.75) is 13.3 Å². The van der Waals surface area contributed by atoms with Gasteiger partial charge in [-0.25, -0.2) is 0 Å². The van der Waals surface area contributed by atoms with Crippen LogP contribution in [-0.2, 0) is 6.42 Å². The van der Waals surface area contributed by atoms with Gasteiger partial charge in [0.15, 0.2) is 0 Å². The molecule has 3 heteroatoms. The Bertz CT molecular complexity index is 605. The van der Waals surface area contributed by atoms with Crippen molar-refractivity contribution in [2.75, 3.05) is 11.5 Å². The number of hydrogen-bond donors (Lipinski definition) is 2. The maximum absolute atomic E-state index is 6.03. The van der Waals surface area contributed by atoms with Crippen molar-refractivity contribution in [3.05, 3.63) is 47.0 Å². The van der Waals surface area contributed by atoms with Crippen molar-refractivity contribution >= 4 is 11.4 Å². The lowest BCUT2D eigenvalue weighted by molar-refractivity contribution is 0.460. The minimum Gasteiger partial charge on any atom is -0.457 e. The fourth-order valence-corrected chi connectivity index (χ4v) is 2.24. The molecule has 17 heavy (non-hydrogen) atoms. The number of nitrogen functional groups attached to an aromatic ring is 2. The minimum atomic E-state index is 0.751. The van der Waals surface area contributed by atoms with Crippen LogP contribution in [0.4, 0.5) is 11.4 Å². The van der Waals surface area contributed by atoms with E-state index in [4.69, 9.17) is 16.2 Å². The summed E-state index contributed by atoms with van der Waals surface area (Å²) in [6, 6.07) is 9.69. The number of ether oxygens (including phenoxy) is 1. The average Bonchev–Trinajstić information content (AvgIpc) is 2.27. The maximum Gasteiger partial charge on any atom is 0.133 e. The Morgan fingerprint density at radius 3 is 2.71 bits per heavy atom. The van der Waals surface area contributed by atoms with E-state index in [1.54, 1.807) is 0 Å². The lowest BCUT2D eigenvalue weighted by atomic mass is 9.97. The summed E-state index contributed by atoms with van der Waals surface area (Å²) in [6.07, 6.45) is 0.780. The summed E-state index contributed by atoms with van der Waals surface area (Å²) >= 11 is 0. The van der Waals surface area contributed by atoms with E-state index in [-0.39, 0.29) is 0 Å². The zero-order chi connectivity index (χ0) is 12.0.